The molecule has 1 aliphatic heterocycles. The molecule has 1 saturated heterocycles. The molecule has 0 atom stereocenters. The lowest BCUT2D eigenvalue weighted by Gasteiger charge is -2.17. The Morgan fingerprint density at radius 1 is 1.55 bits per heavy atom. The van der Waals surface area contributed by atoms with Crippen molar-refractivity contribution >= 4 is 17.6 Å². The highest BCUT2D eigenvalue weighted by molar-refractivity contribution is 6.30. The van der Waals surface area contributed by atoms with E-state index in [1.54, 1.807) is 18.2 Å². The maximum Gasteiger partial charge on any atom is 0.317 e. The number of carbonyl (C=O) groups is 1. The van der Waals surface area contributed by atoms with E-state index in [0.717, 1.165) is 4.90 Å². The monoisotopic (exact) mass is 304 g/mol. The highest BCUT2D eigenvalue weighted by Gasteiger charge is 2.40. The number of carbonyl (C=O) groups excluding carboxylic acids is 1. The van der Waals surface area contributed by atoms with Gasteiger partial charge in [-0.1, -0.05) is 11.6 Å². The summed E-state index contributed by atoms with van der Waals surface area (Å²) in [6.07, 6.45) is -0.291. The largest absolute Gasteiger partial charge is 0.496 e. The zero-order valence-electron chi connectivity index (χ0n) is 11.0. The van der Waals surface area contributed by atoms with Crippen LogP contribution in [0.25, 0.3) is 0 Å². The Kier molecular flexibility index (Phi) is 4.32. The summed E-state index contributed by atoms with van der Waals surface area (Å²) in [7, 11) is 1.51. The minimum absolute atomic E-state index is 0.0610. The molecule has 7 heteroatoms. The number of ether oxygens (including phenoxy) is 1. The van der Waals surface area contributed by atoms with Crippen molar-refractivity contribution in [2.24, 2.45) is 0 Å². The Balaban J connectivity index is 1.95. The fraction of sp³-hybridized carbons (Fsp3) is 0.462. The minimum Gasteiger partial charge on any atom is -0.496 e. The van der Waals surface area contributed by atoms with E-state index in [4.69, 9.17) is 16.3 Å². The SMILES string of the molecule is COc1ccc(Cl)cc1CNC(=O)N1CCC(F)(F)C1. The van der Waals surface area contributed by atoms with E-state index in [-0.39, 0.29) is 19.5 Å². The van der Waals surface area contributed by atoms with E-state index < -0.39 is 18.5 Å². The van der Waals surface area contributed by atoms with Gasteiger partial charge in [0.2, 0.25) is 0 Å². The number of amides is 2. The first-order chi connectivity index (χ1) is 9.41. The van der Waals surface area contributed by atoms with Crippen molar-refractivity contribution in [2.45, 2.75) is 18.9 Å². The van der Waals surface area contributed by atoms with Gasteiger partial charge in [-0.2, -0.15) is 0 Å². The molecule has 20 heavy (non-hydrogen) atoms. The molecule has 0 saturated carbocycles. The van der Waals surface area contributed by atoms with E-state index in [1.807, 2.05) is 0 Å². The lowest BCUT2D eigenvalue weighted by Crippen LogP contribution is -2.39. The van der Waals surface area contributed by atoms with Gasteiger partial charge in [0.25, 0.3) is 5.92 Å². The summed E-state index contributed by atoms with van der Waals surface area (Å²) in [6, 6.07) is 4.52. The molecule has 2 rings (SSSR count). The van der Waals surface area contributed by atoms with Crippen LogP contribution in [0.4, 0.5) is 13.6 Å². The Hall–Kier alpha value is -1.56. The molecule has 1 aromatic carbocycles. The van der Waals surface area contributed by atoms with Crippen LogP contribution in [0, 0.1) is 0 Å². The van der Waals surface area contributed by atoms with Crippen molar-refractivity contribution in [2.75, 3.05) is 20.2 Å². The predicted molar refractivity (Wildman–Crippen MR) is 71.4 cm³/mol. The third-order valence-corrected chi connectivity index (χ3v) is 3.36. The van der Waals surface area contributed by atoms with E-state index in [2.05, 4.69) is 5.32 Å². The van der Waals surface area contributed by atoms with Gasteiger partial charge in [-0.05, 0) is 18.2 Å². The average molecular weight is 305 g/mol. The first-order valence-electron chi connectivity index (χ1n) is 6.14. The summed E-state index contributed by atoms with van der Waals surface area (Å²) in [5, 5.41) is 3.11. The molecule has 1 aromatic rings. The molecule has 0 bridgehead atoms. The van der Waals surface area contributed by atoms with Crippen LogP contribution in [-0.4, -0.2) is 37.1 Å². The van der Waals surface area contributed by atoms with E-state index in [1.165, 1.54) is 7.11 Å². The predicted octanol–water partition coefficient (Wildman–Crippen LogP) is 2.90. The quantitative estimate of drug-likeness (QED) is 0.933. The fourth-order valence-electron chi connectivity index (χ4n) is 2.08. The third kappa shape index (κ3) is 3.50. The van der Waals surface area contributed by atoms with Gasteiger partial charge < -0.3 is 15.0 Å². The zero-order chi connectivity index (χ0) is 14.8. The summed E-state index contributed by atoms with van der Waals surface area (Å²) in [5.41, 5.74) is 0.694. The van der Waals surface area contributed by atoms with Crippen molar-refractivity contribution in [3.63, 3.8) is 0 Å². The number of rotatable bonds is 3. The number of hydrogen-bond acceptors (Lipinski definition) is 2. The van der Waals surface area contributed by atoms with Crippen LogP contribution >= 0.6 is 11.6 Å². The molecule has 0 aliphatic carbocycles. The standard InChI is InChI=1S/C13H15ClF2N2O2/c1-20-11-3-2-10(14)6-9(11)7-17-12(19)18-5-4-13(15,16)8-18/h2-3,6H,4-5,7-8H2,1H3,(H,17,19). The summed E-state index contributed by atoms with van der Waals surface area (Å²) < 4.78 is 31.2. The van der Waals surface area contributed by atoms with Gasteiger partial charge in [0.1, 0.15) is 5.75 Å². The van der Waals surface area contributed by atoms with Crippen LogP contribution in [0.2, 0.25) is 5.02 Å². The number of halogens is 3. The number of nitrogens with zero attached hydrogens (tertiary/aromatic N) is 1. The second-order valence-corrected chi connectivity index (χ2v) is 5.08. The first kappa shape index (κ1) is 14.8. The van der Waals surface area contributed by atoms with Crippen molar-refractivity contribution in [3.8, 4) is 5.75 Å². The highest BCUT2D eigenvalue weighted by atomic mass is 35.5. The second-order valence-electron chi connectivity index (χ2n) is 4.64. The molecule has 1 N–H and O–H groups in total. The summed E-state index contributed by atoms with van der Waals surface area (Å²) in [5.74, 6) is -2.20. The number of methoxy groups -OCH3 is 1. The smallest absolute Gasteiger partial charge is 0.317 e. The lowest BCUT2D eigenvalue weighted by atomic mass is 10.2. The normalized spacial score (nSPS) is 17.1. The molecule has 110 valence electrons. The fourth-order valence-corrected chi connectivity index (χ4v) is 2.27. The molecule has 1 fully saturated rings. The van der Waals surface area contributed by atoms with Crippen LogP contribution in [0.5, 0.6) is 5.75 Å². The van der Waals surface area contributed by atoms with Gasteiger partial charge in [-0.15, -0.1) is 0 Å². The molecule has 1 heterocycles. The topological polar surface area (TPSA) is 41.6 Å². The van der Waals surface area contributed by atoms with E-state index in [0.29, 0.717) is 16.3 Å². The summed E-state index contributed by atoms with van der Waals surface area (Å²) >= 11 is 5.88. The van der Waals surface area contributed by atoms with Gasteiger partial charge in [-0.25, -0.2) is 13.6 Å². The molecule has 0 aromatic heterocycles. The molecular weight excluding hydrogens is 290 g/mol. The number of alkyl halides is 2. The number of nitrogens with one attached hydrogen (secondary N) is 1. The van der Waals surface area contributed by atoms with Crippen molar-refractivity contribution < 1.29 is 18.3 Å². The number of likely N-dealkylation sites (tertiary alicyclic amines) is 1. The Labute approximate surface area is 120 Å². The Morgan fingerprint density at radius 3 is 2.90 bits per heavy atom. The Morgan fingerprint density at radius 2 is 2.30 bits per heavy atom. The van der Waals surface area contributed by atoms with Crippen LogP contribution in [0.3, 0.4) is 0 Å². The zero-order valence-corrected chi connectivity index (χ0v) is 11.7. The van der Waals surface area contributed by atoms with Crippen molar-refractivity contribution in [3.05, 3.63) is 28.8 Å². The van der Waals surface area contributed by atoms with E-state index >= 15 is 0 Å². The van der Waals surface area contributed by atoms with Crippen LogP contribution in [-0.2, 0) is 6.54 Å². The van der Waals surface area contributed by atoms with Gasteiger partial charge in [-0.3, -0.25) is 0 Å². The number of benzene rings is 1. The minimum atomic E-state index is -2.79. The van der Waals surface area contributed by atoms with Crippen molar-refractivity contribution in [1.29, 1.82) is 0 Å². The van der Waals surface area contributed by atoms with Gasteiger partial charge in [0, 0.05) is 30.1 Å². The molecule has 0 unspecified atom stereocenters. The lowest BCUT2D eigenvalue weighted by molar-refractivity contribution is 0.0153. The van der Waals surface area contributed by atoms with Crippen molar-refractivity contribution in [1.82, 2.24) is 10.2 Å². The molecular formula is C13H15ClF2N2O2. The maximum atomic E-state index is 13.0. The molecule has 4 nitrogen and oxygen atoms in total. The number of urea groups is 1. The molecule has 0 radical (unpaired) electrons. The van der Waals surface area contributed by atoms with Crippen LogP contribution in [0.15, 0.2) is 18.2 Å². The summed E-state index contributed by atoms with van der Waals surface area (Å²) in [4.78, 5) is 12.9. The maximum absolute atomic E-state index is 13.0. The van der Waals surface area contributed by atoms with Gasteiger partial charge in [0.15, 0.2) is 0 Å². The molecule has 2 amide bonds. The highest BCUT2D eigenvalue weighted by Crippen LogP contribution is 2.27. The molecule has 1 aliphatic rings. The third-order valence-electron chi connectivity index (χ3n) is 3.13. The van der Waals surface area contributed by atoms with Gasteiger partial charge in [0.05, 0.1) is 13.7 Å². The first-order valence-corrected chi connectivity index (χ1v) is 6.52. The average Bonchev–Trinajstić information content (AvgIpc) is 2.76. The van der Waals surface area contributed by atoms with Crippen LogP contribution < -0.4 is 10.1 Å². The Bertz CT molecular complexity index is 511. The van der Waals surface area contributed by atoms with Gasteiger partial charge >= 0.3 is 6.03 Å². The summed E-state index contributed by atoms with van der Waals surface area (Å²) in [6.45, 7) is -0.304. The number of hydrogen-bond donors (Lipinski definition) is 1. The molecule has 0 spiro atoms. The second kappa shape index (κ2) is 5.83. The van der Waals surface area contributed by atoms with E-state index in [9.17, 15) is 13.6 Å². The van der Waals surface area contributed by atoms with Crippen LogP contribution in [0.1, 0.15) is 12.0 Å².